The molecule has 0 saturated carbocycles. The molecule has 1 rings (SSSR count). The second-order valence-electron chi connectivity index (χ2n) is 2.54. The Hall–Kier alpha value is -1.14. The molecule has 0 aromatic heterocycles. The smallest absolute Gasteiger partial charge is 0.269 e. The molecule has 0 aliphatic carbocycles. The zero-order valence-corrected chi connectivity index (χ0v) is 7.60. The van der Waals surface area contributed by atoms with Crippen LogP contribution in [0.2, 0.25) is 0 Å². The summed E-state index contributed by atoms with van der Waals surface area (Å²) in [5.74, 6) is -0.534. The third kappa shape index (κ3) is 3.00. The molecular weight excluding hydrogens is 197 g/mol. The van der Waals surface area contributed by atoms with Crippen LogP contribution in [0.25, 0.3) is 0 Å². The van der Waals surface area contributed by atoms with Gasteiger partial charge in [0, 0.05) is 0 Å². The fraction of sp³-hybridized carbons (Fsp3) is 0.143. The molecule has 0 unspecified atom stereocenters. The monoisotopic (exact) mass is 205 g/mol. The summed E-state index contributed by atoms with van der Waals surface area (Å²) in [6.45, 7) is 1.55. The number of halogens is 1. The Morgan fingerprint density at radius 1 is 1.46 bits per heavy atom. The van der Waals surface area contributed by atoms with Crippen molar-refractivity contribution >= 4 is 16.0 Å². The molecule has 6 heteroatoms. The SMILES string of the molecule is Cc1ccc(NS(=O)(=O)O)cc1F. The van der Waals surface area contributed by atoms with Crippen LogP contribution < -0.4 is 4.72 Å². The number of benzene rings is 1. The summed E-state index contributed by atoms with van der Waals surface area (Å²) in [5.41, 5.74) is 0.395. The predicted molar refractivity (Wildman–Crippen MR) is 46.3 cm³/mol. The molecule has 0 bridgehead atoms. The largest absolute Gasteiger partial charge is 0.357 e. The van der Waals surface area contributed by atoms with Gasteiger partial charge in [-0.25, -0.2) is 4.39 Å². The highest BCUT2D eigenvalue weighted by Crippen LogP contribution is 2.14. The summed E-state index contributed by atoms with van der Waals surface area (Å²) >= 11 is 0. The third-order valence-electron chi connectivity index (χ3n) is 1.42. The van der Waals surface area contributed by atoms with Crippen molar-refractivity contribution in [1.82, 2.24) is 0 Å². The molecule has 0 atom stereocenters. The van der Waals surface area contributed by atoms with Crippen molar-refractivity contribution in [3.63, 3.8) is 0 Å². The highest BCUT2D eigenvalue weighted by Gasteiger charge is 2.05. The average Bonchev–Trinajstić information content (AvgIpc) is 1.94. The van der Waals surface area contributed by atoms with Crippen molar-refractivity contribution in [2.75, 3.05) is 4.72 Å². The van der Waals surface area contributed by atoms with E-state index in [1.807, 2.05) is 0 Å². The Labute approximate surface area is 75.3 Å². The van der Waals surface area contributed by atoms with E-state index in [1.165, 1.54) is 12.1 Å². The standard InChI is InChI=1S/C7H8FNO3S/c1-5-2-3-6(4-7(5)8)9-13(10,11)12/h2-4,9H,1H3,(H,10,11,12). The molecule has 1 aromatic carbocycles. The number of rotatable bonds is 2. The van der Waals surface area contributed by atoms with E-state index < -0.39 is 16.1 Å². The van der Waals surface area contributed by atoms with Crippen molar-refractivity contribution in [2.24, 2.45) is 0 Å². The highest BCUT2D eigenvalue weighted by atomic mass is 32.2. The second-order valence-corrected chi connectivity index (χ2v) is 3.70. The number of hydrogen-bond donors (Lipinski definition) is 2. The highest BCUT2D eigenvalue weighted by molar-refractivity contribution is 7.87. The van der Waals surface area contributed by atoms with Crippen LogP contribution in [0.15, 0.2) is 18.2 Å². The van der Waals surface area contributed by atoms with Gasteiger partial charge in [-0.2, -0.15) is 8.42 Å². The Bertz CT molecular complexity index is 416. The van der Waals surface area contributed by atoms with E-state index in [-0.39, 0.29) is 5.69 Å². The summed E-state index contributed by atoms with van der Waals surface area (Å²) in [6.07, 6.45) is 0. The summed E-state index contributed by atoms with van der Waals surface area (Å²) < 4.78 is 43.6. The third-order valence-corrected chi connectivity index (χ3v) is 1.91. The van der Waals surface area contributed by atoms with Crippen LogP contribution in [0.4, 0.5) is 10.1 Å². The van der Waals surface area contributed by atoms with E-state index in [0.717, 1.165) is 6.07 Å². The summed E-state index contributed by atoms with van der Waals surface area (Å²) in [4.78, 5) is 0. The lowest BCUT2D eigenvalue weighted by atomic mass is 10.2. The molecular formula is C7H8FNO3S. The molecule has 0 fully saturated rings. The fourth-order valence-electron chi connectivity index (χ4n) is 0.805. The number of nitrogens with one attached hydrogen (secondary N) is 1. The lowest BCUT2D eigenvalue weighted by Crippen LogP contribution is -2.10. The lowest BCUT2D eigenvalue weighted by Gasteiger charge is -2.03. The molecule has 1 aromatic rings. The van der Waals surface area contributed by atoms with E-state index in [1.54, 1.807) is 11.6 Å². The maximum atomic E-state index is 12.8. The predicted octanol–water partition coefficient (Wildman–Crippen LogP) is 1.35. The summed E-state index contributed by atoms with van der Waals surface area (Å²) in [6, 6.07) is 3.75. The number of anilines is 1. The quantitative estimate of drug-likeness (QED) is 0.716. The first-order chi connectivity index (χ1) is 5.88. The molecule has 0 aliphatic heterocycles. The molecule has 0 aliphatic rings. The average molecular weight is 205 g/mol. The summed E-state index contributed by atoms with van der Waals surface area (Å²) in [5, 5.41) is 0. The lowest BCUT2D eigenvalue weighted by molar-refractivity contribution is 0.489. The van der Waals surface area contributed by atoms with E-state index >= 15 is 0 Å². The van der Waals surface area contributed by atoms with E-state index in [4.69, 9.17) is 4.55 Å². The minimum Gasteiger partial charge on any atom is -0.269 e. The molecule has 0 heterocycles. The van der Waals surface area contributed by atoms with Gasteiger partial charge in [-0.05, 0) is 24.6 Å². The second kappa shape index (κ2) is 3.31. The van der Waals surface area contributed by atoms with E-state index in [0.29, 0.717) is 5.56 Å². The molecule has 4 nitrogen and oxygen atoms in total. The van der Waals surface area contributed by atoms with Crippen LogP contribution in [0.5, 0.6) is 0 Å². The first kappa shape index (κ1) is 9.94. The van der Waals surface area contributed by atoms with Crippen LogP contribution in [0.3, 0.4) is 0 Å². The normalized spacial score (nSPS) is 11.3. The molecule has 13 heavy (non-hydrogen) atoms. The minimum absolute atomic E-state index is 0.00870. The van der Waals surface area contributed by atoms with Crippen molar-refractivity contribution in [3.05, 3.63) is 29.6 Å². The van der Waals surface area contributed by atoms with Gasteiger partial charge in [-0.3, -0.25) is 9.27 Å². The van der Waals surface area contributed by atoms with Crippen LogP contribution in [-0.2, 0) is 10.3 Å². The van der Waals surface area contributed by atoms with Crippen LogP contribution in [0, 0.1) is 12.7 Å². The molecule has 72 valence electrons. The van der Waals surface area contributed by atoms with Crippen molar-refractivity contribution in [1.29, 1.82) is 0 Å². The van der Waals surface area contributed by atoms with Gasteiger partial charge in [0.1, 0.15) is 5.82 Å². The Morgan fingerprint density at radius 3 is 2.54 bits per heavy atom. The van der Waals surface area contributed by atoms with Crippen molar-refractivity contribution in [2.45, 2.75) is 6.92 Å². The first-order valence-corrected chi connectivity index (χ1v) is 4.84. The van der Waals surface area contributed by atoms with Gasteiger partial charge in [-0.1, -0.05) is 6.07 Å². The Kier molecular flexibility index (Phi) is 2.53. The van der Waals surface area contributed by atoms with Crippen molar-refractivity contribution in [3.8, 4) is 0 Å². The number of hydrogen-bond acceptors (Lipinski definition) is 2. The zero-order valence-electron chi connectivity index (χ0n) is 6.78. The first-order valence-electron chi connectivity index (χ1n) is 3.40. The van der Waals surface area contributed by atoms with Gasteiger partial charge in [0.15, 0.2) is 0 Å². The van der Waals surface area contributed by atoms with Gasteiger partial charge >= 0.3 is 10.3 Å². The van der Waals surface area contributed by atoms with E-state index in [9.17, 15) is 12.8 Å². The molecule has 0 saturated heterocycles. The fourth-order valence-corrected chi connectivity index (χ4v) is 1.23. The van der Waals surface area contributed by atoms with Gasteiger partial charge in [-0.15, -0.1) is 0 Å². The maximum Gasteiger partial charge on any atom is 0.357 e. The topological polar surface area (TPSA) is 66.4 Å². The number of aryl methyl sites for hydroxylation is 1. The summed E-state index contributed by atoms with van der Waals surface area (Å²) in [7, 11) is -4.32. The van der Waals surface area contributed by atoms with E-state index in [2.05, 4.69) is 0 Å². The van der Waals surface area contributed by atoms with Crippen molar-refractivity contribution < 1.29 is 17.4 Å². The van der Waals surface area contributed by atoms with Crippen LogP contribution in [-0.4, -0.2) is 13.0 Å². The Morgan fingerprint density at radius 2 is 2.08 bits per heavy atom. The van der Waals surface area contributed by atoms with Gasteiger partial charge in [0.25, 0.3) is 0 Å². The van der Waals surface area contributed by atoms with Crippen LogP contribution >= 0.6 is 0 Å². The molecule has 2 N–H and O–H groups in total. The van der Waals surface area contributed by atoms with Crippen LogP contribution in [0.1, 0.15) is 5.56 Å². The molecule has 0 radical (unpaired) electrons. The minimum atomic E-state index is -4.32. The van der Waals surface area contributed by atoms with Gasteiger partial charge in [0.05, 0.1) is 5.69 Å². The van der Waals surface area contributed by atoms with Gasteiger partial charge < -0.3 is 0 Å². The zero-order chi connectivity index (χ0) is 10.1. The Balaban J connectivity index is 2.99. The molecule has 0 amide bonds. The maximum absolute atomic E-state index is 12.8. The molecule has 0 spiro atoms. The van der Waals surface area contributed by atoms with Gasteiger partial charge in [0.2, 0.25) is 0 Å².